The summed E-state index contributed by atoms with van der Waals surface area (Å²) in [5.41, 5.74) is 2.21. The quantitative estimate of drug-likeness (QED) is 0.479. The van der Waals surface area contributed by atoms with E-state index in [-0.39, 0.29) is 11.6 Å². The Bertz CT molecular complexity index is 520. The van der Waals surface area contributed by atoms with Gasteiger partial charge >= 0.3 is 0 Å². The van der Waals surface area contributed by atoms with Gasteiger partial charge in [-0.1, -0.05) is 11.8 Å². The van der Waals surface area contributed by atoms with Gasteiger partial charge in [0.05, 0.1) is 15.9 Å². The number of benzene rings is 1. The van der Waals surface area contributed by atoms with Gasteiger partial charge in [-0.25, -0.2) is 4.39 Å². The molecule has 0 spiro atoms. The highest BCUT2D eigenvalue weighted by molar-refractivity contribution is 8.03. The number of thiazole rings is 1. The number of hydrogen-bond acceptors (Lipinski definition) is 4. The lowest BCUT2D eigenvalue weighted by Crippen LogP contribution is -1.93. The molecule has 0 aliphatic heterocycles. The molecule has 0 unspecified atom stereocenters. The molecular weight excluding hydrogens is 257 g/mol. The van der Waals surface area contributed by atoms with Gasteiger partial charge in [0, 0.05) is 5.56 Å². The Hall–Kier alpha value is -1.46. The highest BCUT2D eigenvalue weighted by Gasteiger charge is 2.01. The first kappa shape index (κ1) is 12.0. The van der Waals surface area contributed by atoms with Crippen LogP contribution in [0.15, 0.2) is 51.7 Å². The van der Waals surface area contributed by atoms with Crippen LogP contribution in [0.3, 0.4) is 0 Å². The number of aromatic nitrogens is 1. The molecule has 0 saturated carbocycles. The fourth-order valence-corrected chi connectivity index (χ4v) is 2.45. The third-order valence-electron chi connectivity index (χ3n) is 1.94. The largest absolute Gasteiger partial charge is 0.289 e. The summed E-state index contributed by atoms with van der Waals surface area (Å²) in [5.74, 6) is -0.480. The SMILES string of the molecule is O=C(/C=C/Sc1cncs1)c1ccc(F)cc1. The van der Waals surface area contributed by atoms with Crippen molar-refractivity contribution in [3.63, 3.8) is 0 Å². The number of ketones is 1. The molecule has 5 heteroatoms. The molecule has 0 aliphatic rings. The van der Waals surface area contributed by atoms with E-state index in [4.69, 9.17) is 0 Å². The molecule has 0 radical (unpaired) electrons. The number of carbonyl (C=O) groups excluding carboxylic acids is 1. The Labute approximate surface area is 106 Å². The zero-order valence-electron chi connectivity index (χ0n) is 8.67. The minimum atomic E-state index is -0.343. The van der Waals surface area contributed by atoms with E-state index in [1.165, 1.54) is 53.4 Å². The molecule has 17 heavy (non-hydrogen) atoms. The van der Waals surface area contributed by atoms with E-state index in [2.05, 4.69) is 4.98 Å². The Kier molecular flexibility index (Phi) is 4.06. The first-order valence-corrected chi connectivity index (χ1v) is 6.53. The van der Waals surface area contributed by atoms with Gasteiger partial charge < -0.3 is 0 Å². The predicted octanol–water partition coefficient (Wildman–Crippen LogP) is 3.77. The van der Waals surface area contributed by atoms with Crippen molar-refractivity contribution < 1.29 is 9.18 Å². The van der Waals surface area contributed by atoms with Gasteiger partial charge in [0.2, 0.25) is 0 Å². The van der Waals surface area contributed by atoms with Crippen molar-refractivity contribution in [2.75, 3.05) is 0 Å². The second-order valence-corrected chi connectivity index (χ2v) is 5.20. The molecule has 0 bridgehead atoms. The Morgan fingerprint density at radius 3 is 2.76 bits per heavy atom. The normalized spacial score (nSPS) is 10.9. The molecule has 0 aliphatic carbocycles. The highest BCUT2D eigenvalue weighted by atomic mass is 32.2. The maximum atomic E-state index is 12.6. The van der Waals surface area contributed by atoms with E-state index in [1.54, 1.807) is 17.1 Å². The Morgan fingerprint density at radius 2 is 2.12 bits per heavy atom. The molecule has 1 aromatic carbocycles. The van der Waals surface area contributed by atoms with Gasteiger partial charge in [0.1, 0.15) is 5.82 Å². The number of thioether (sulfide) groups is 1. The monoisotopic (exact) mass is 265 g/mol. The summed E-state index contributed by atoms with van der Waals surface area (Å²) in [6.07, 6.45) is 3.21. The Morgan fingerprint density at radius 1 is 1.35 bits per heavy atom. The summed E-state index contributed by atoms with van der Waals surface area (Å²) in [6.45, 7) is 0. The fourth-order valence-electron chi connectivity index (χ4n) is 1.14. The second kappa shape index (κ2) is 5.75. The van der Waals surface area contributed by atoms with Crippen LogP contribution in [0.5, 0.6) is 0 Å². The summed E-state index contributed by atoms with van der Waals surface area (Å²) in [6, 6.07) is 5.49. The summed E-state index contributed by atoms with van der Waals surface area (Å²) in [5, 5.41) is 1.71. The number of carbonyl (C=O) groups is 1. The van der Waals surface area contributed by atoms with Gasteiger partial charge in [-0.3, -0.25) is 9.78 Å². The molecule has 0 fully saturated rings. The molecule has 86 valence electrons. The van der Waals surface area contributed by atoms with Crippen molar-refractivity contribution in [1.29, 1.82) is 0 Å². The zero-order chi connectivity index (χ0) is 12.1. The van der Waals surface area contributed by atoms with E-state index < -0.39 is 0 Å². The van der Waals surface area contributed by atoms with Crippen molar-refractivity contribution >= 4 is 28.9 Å². The second-order valence-electron chi connectivity index (χ2n) is 3.11. The van der Waals surface area contributed by atoms with E-state index in [9.17, 15) is 9.18 Å². The topological polar surface area (TPSA) is 30.0 Å². The van der Waals surface area contributed by atoms with Crippen molar-refractivity contribution in [2.45, 2.75) is 4.21 Å². The van der Waals surface area contributed by atoms with Crippen LogP contribution in [0.1, 0.15) is 10.4 Å². The summed E-state index contributed by atoms with van der Waals surface area (Å²) in [7, 11) is 0. The van der Waals surface area contributed by atoms with Crippen LogP contribution in [-0.2, 0) is 0 Å². The van der Waals surface area contributed by atoms with Crippen molar-refractivity contribution in [1.82, 2.24) is 4.98 Å². The highest BCUT2D eigenvalue weighted by Crippen LogP contribution is 2.22. The number of rotatable bonds is 4. The number of allylic oxidation sites excluding steroid dienone is 1. The summed E-state index contributed by atoms with van der Waals surface area (Å²) >= 11 is 2.95. The molecule has 1 heterocycles. The lowest BCUT2D eigenvalue weighted by atomic mass is 10.1. The zero-order valence-corrected chi connectivity index (χ0v) is 10.3. The minimum Gasteiger partial charge on any atom is -0.289 e. The Balaban J connectivity index is 1.97. The molecule has 2 rings (SSSR count). The molecule has 0 N–H and O–H groups in total. The molecule has 2 aromatic rings. The van der Waals surface area contributed by atoms with E-state index in [1.807, 2.05) is 0 Å². The summed E-state index contributed by atoms with van der Waals surface area (Å²) < 4.78 is 13.7. The molecule has 0 amide bonds. The maximum Gasteiger partial charge on any atom is 0.186 e. The standard InChI is InChI=1S/C12H8FNOS2/c13-10-3-1-9(2-4-10)11(15)5-6-16-12-7-14-8-17-12/h1-8H/b6-5+. The van der Waals surface area contributed by atoms with Crippen molar-refractivity contribution in [2.24, 2.45) is 0 Å². The van der Waals surface area contributed by atoms with Crippen molar-refractivity contribution in [3.8, 4) is 0 Å². The van der Waals surface area contributed by atoms with Crippen LogP contribution in [0.2, 0.25) is 0 Å². The lowest BCUT2D eigenvalue weighted by molar-refractivity contribution is 0.104. The predicted molar refractivity (Wildman–Crippen MR) is 67.8 cm³/mol. The van der Waals surface area contributed by atoms with E-state index in [0.29, 0.717) is 5.56 Å². The van der Waals surface area contributed by atoms with Gasteiger partial charge in [-0.2, -0.15) is 0 Å². The molecule has 2 nitrogen and oxygen atoms in total. The summed E-state index contributed by atoms with van der Waals surface area (Å²) in [4.78, 5) is 15.6. The number of nitrogens with zero attached hydrogens (tertiary/aromatic N) is 1. The molecular formula is C12H8FNOS2. The van der Waals surface area contributed by atoms with E-state index in [0.717, 1.165) is 4.21 Å². The molecule has 0 saturated heterocycles. The average molecular weight is 265 g/mol. The van der Waals surface area contributed by atoms with Crippen LogP contribution in [0.25, 0.3) is 0 Å². The molecule has 0 atom stereocenters. The smallest absolute Gasteiger partial charge is 0.186 e. The van der Waals surface area contributed by atoms with E-state index >= 15 is 0 Å². The minimum absolute atomic E-state index is 0.137. The fraction of sp³-hybridized carbons (Fsp3) is 0. The van der Waals surface area contributed by atoms with Gasteiger partial charge in [-0.15, -0.1) is 11.3 Å². The van der Waals surface area contributed by atoms with Gasteiger partial charge in [-0.05, 0) is 35.7 Å². The van der Waals surface area contributed by atoms with Crippen LogP contribution in [-0.4, -0.2) is 10.8 Å². The third-order valence-corrected chi connectivity index (χ3v) is 3.69. The first-order chi connectivity index (χ1) is 8.25. The van der Waals surface area contributed by atoms with Crippen molar-refractivity contribution in [3.05, 3.63) is 58.8 Å². The van der Waals surface area contributed by atoms with Crippen LogP contribution in [0.4, 0.5) is 4.39 Å². The number of hydrogen-bond donors (Lipinski definition) is 0. The van der Waals surface area contributed by atoms with Gasteiger partial charge in [0.15, 0.2) is 5.78 Å². The third kappa shape index (κ3) is 3.51. The molecule has 1 aromatic heterocycles. The maximum absolute atomic E-state index is 12.6. The van der Waals surface area contributed by atoms with Crippen LogP contribution >= 0.6 is 23.1 Å². The lowest BCUT2D eigenvalue weighted by Gasteiger charge is -1.94. The van der Waals surface area contributed by atoms with Crippen LogP contribution in [0, 0.1) is 5.82 Å². The van der Waals surface area contributed by atoms with Crippen LogP contribution < -0.4 is 0 Å². The van der Waals surface area contributed by atoms with Gasteiger partial charge in [0.25, 0.3) is 0 Å². The first-order valence-electron chi connectivity index (χ1n) is 4.77. The number of halogens is 1. The average Bonchev–Trinajstić information content (AvgIpc) is 2.83.